The third-order valence-electron chi connectivity index (χ3n) is 4.87. The van der Waals surface area contributed by atoms with E-state index in [9.17, 15) is 9.90 Å². The molecule has 2 aliphatic rings. The summed E-state index contributed by atoms with van der Waals surface area (Å²) in [4.78, 5) is 14.7. The van der Waals surface area contributed by atoms with Crippen molar-refractivity contribution in [2.24, 2.45) is 5.92 Å². The van der Waals surface area contributed by atoms with E-state index in [0.29, 0.717) is 18.5 Å². The van der Waals surface area contributed by atoms with Crippen LogP contribution in [0.1, 0.15) is 67.5 Å². The van der Waals surface area contributed by atoms with Crippen LogP contribution in [0.15, 0.2) is 6.20 Å². The summed E-state index contributed by atoms with van der Waals surface area (Å²) >= 11 is 0. The van der Waals surface area contributed by atoms with E-state index in [1.54, 1.807) is 6.20 Å². The molecule has 3 rings (SSSR count). The van der Waals surface area contributed by atoms with Gasteiger partial charge in [0.15, 0.2) is 0 Å². The summed E-state index contributed by atoms with van der Waals surface area (Å²) in [5.41, 5.74) is 1.93. The van der Waals surface area contributed by atoms with Gasteiger partial charge >= 0.3 is 0 Å². The first-order chi connectivity index (χ1) is 10.2. The lowest BCUT2D eigenvalue weighted by molar-refractivity contribution is 0.0780. The lowest BCUT2D eigenvalue weighted by Crippen LogP contribution is -2.29. The molecule has 5 heteroatoms. The minimum absolute atomic E-state index is 0.0994. The van der Waals surface area contributed by atoms with Crippen molar-refractivity contribution in [2.75, 3.05) is 19.7 Å². The molecule has 0 aromatic carbocycles. The number of hydrogen-bond acceptors (Lipinski definition) is 3. The Balaban J connectivity index is 1.85. The molecule has 116 valence electrons. The fourth-order valence-corrected chi connectivity index (χ4v) is 3.16. The number of aliphatic hydroxyl groups excluding tert-OH is 1. The lowest BCUT2D eigenvalue weighted by Gasteiger charge is -2.18. The van der Waals surface area contributed by atoms with Crippen molar-refractivity contribution in [3.63, 3.8) is 0 Å². The second-order valence-electron chi connectivity index (χ2n) is 6.51. The quantitative estimate of drug-likeness (QED) is 0.904. The number of rotatable bonds is 5. The predicted octanol–water partition coefficient (Wildman–Crippen LogP) is 2.19. The second-order valence-corrected chi connectivity index (χ2v) is 6.51. The summed E-state index contributed by atoms with van der Waals surface area (Å²) in [6.07, 6.45) is 6.02. The van der Waals surface area contributed by atoms with Gasteiger partial charge < -0.3 is 10.0 Å². The van der Waals surface area contributed by atoms with Gasteiger partial charge in [0.2, 0.25) is 0 Å². The maximum atomic E-state index is 12.8. The van der Waals surface area contributed by atoms with Gasteiger partial charge in [0.1, 0.15) is 0 Å². The van der Waals surface area contributed by atoms with Crippen LogP contribution in [0.2, 0.25) is 0 Å². The van der Waals surface area contributed by atoms with Crippen LogP contribution in [0.5, 0.6) is 0 Å². The highest BCUT2D eigenvalue weighted by Gasteiger charge is 2.36. The number of carbonyl (C=O) groups is 1. The Morgan fingerprint density at radius 3 is 2.81 bits per heavy atom. The fourth-order valence-electron chi connectivity index (χ4n) is 3.16. The number of amides is 1. The smallest absolute Gasteiger partial charge is 0.257 e. The number of likely N-dealkylation sites (tertiary alicyclic amines) is 1. The molecule has 0 radical (unpaired) electrons. The Labute approximate surface area is 125 Å². The summed E-state index contributed by atoms with van der Waals surface area (Å²) in [7, 11) is 0. The largest absolute Gasteiger partial charge is 0.396 e. The SMILES string of the molecule is CCC(C)n1ncc(C(=O)N2CCC(CO)C2)c1C1CC1. The molecule has 21 heavy (non-hydrogen) atoms. The number of aromatic nitrogens is 2. The van der Waals surface area contributed by atoms with E-state index in [1.807, 2.05) is 4.90 Å². The first kappa shape index (κ1) is 14.6. The molecule has 5 nitrogen and oxygen atoms in total. The van der Waals surface area contributed by atoms with Gasteiger partial charge in [0, 0.05) is 37.6 Å². The molecule has 0 bridgehead atoms. The van der Waals surface area contributed by atoms with E-state index in [2.05, 4.69) is 23.6 Å². The van der Waals surface area contributed by atoms with Crippen molar-refractivity contribution >= 4 is 5.91 Å². The molecule has 2 atom stereocenters. The van der Waals surface area contributed by atoms with Gasteiger partial charge in [-0.15, -0.1) is 0 Å². The molecule has 1 aliphatic heterocycles. The zero-order chi connectivity index (χ0) is 15.0. The second kappa shape index (κ2) is 5.79. The fraction of sp³-hybridized carbons (Fsp3) is 0.750. The molecule has 1 saturated carbocycles. The standard InChI is InChI=1S/C16H25N3O2/c1-3-11(2)19-15(13-4-5-13)14(8-17-19)16(21)18-7-6-12(9-18)10-20/h8,11-13,20H,3-7,9-10H2,1-2H3. The molecule has 1 amide bonds. The summed E-state index contributed by atoms with van der Waals surface area (Å²) in [6.45, 7) is 5.91. The first-order valence-electron chi connectivity index (χ1n) is 8.13. The van der Waals surface area contributed by atoms with E-state index in [4.69, 9.17) is 0 Å². The molecule has 1 N–H and O–H groups in total. The van der Waals surface area contributed by atoms with Crippen LogP contribution in [-0.4, -0.2) is 45.4 Å². The van der Waals surface area contributed by atoms with E-state index >= 15 is 0 Å². The summed E-state index contributed by atoms with van der Waals surface area (Å²) in [5.74, 6) is 0.849. The number of nitrogens with zero attached hydrogens (tertiary/aromatic N) is 3. The van der Waals surface area contributed by atoms with Gasteiger partial charge in [-0.2, -0.15) is 5.10 Å². The van der Waals surface area contributed by atoms with Crippen LogP contribution >= 0.6 is 0 Å². The van der Waals surface area contributed by atoms with Crippen molar-refractivity contribution in [1.29, 1.82) is 0 Å². The van der Waals surface area contributed by atoms with Crippen LogP contribution < -0.4 is 0 Å². The van der Waals surface area contributed by atoms with Gasteiger partial charge in [0.25, 0.3) is 5.91 Å². The molecule has 2 unspecified atom stereocenters. The highest BCUT2D eigenvalue weighted by Crippen LogP contribution is 2.43. The molecular formula is C16H25N3O2. The molecule has 1 aromatic heterocycles. The highest BCUT2D eigenvalue weighted by atomic mass is 16.3. The Hall–Kier alpha value is -1.36. The number of carbonyl (C=O) groups excluding carboxylic acids is 1. The normalized spacial score (nSPS) is 23.6. The highest BCUT2D eigenvalue weighted by molar-refractivity contribution is 5.95. The Morgan fingerprint density at radius 1 is 1.48 bits per heavy atom. The summed E-state index contributed by atoms with van der Waals surface area (Å²) in [5, 5.41) is 13.7. The van der Waals surface area contributed by atoms with Gasteiger partial charge in [-0.25, -0.2) is 0 Å². The predicted molar refractivity (Wildman–Crippen MR) is 80.3 cm³/mol. The topological polar surface area (TPSA) is 58.4 Å². The maximum Gasteiger partial charge on any atom is 0.257 e. The molecular weight excluding hydrogens is 266 g/mol. The molecule has 2 heterocycles. The molecule has 1 aliphatic carbocycles. The van der Waals surface area contributed by atoms with E-state index in [0.717, 1.165) is 30.6 Å². The summed E-state index contributed by atoms with van der Waals surface area (Å²) in [6, 6.07) is 0.339. The van der Waals surface area contributed by atoms with E-state index < -0.39 is 0 Å². The van der Waals surface area contributed by atoms with Gasteiger partial charge in [0.05, 0.1) is 17.5 Å². The summed E-state index contributed by atoms with van der Waals surface area (Å²) < 4.78 is 2.06. The zero-order valence-electron chi connectivity index (χ0n) is 13.0. The Morgan fingerprint density at radius 2 is 2.24 bits per heavy atom. The average Bonchev–Trinajstić information content (AvgIpc) is 3.06. The third-order valence-corrected chi connectivity index (χ3v) is 4.87. The molecule has 2 fully saturated rings. The van der Waals surface area contributed by atoms with Crippen molar-refractivity contribution in [3.05, 3.63) is 17.5 Å². The zero-order valence-corrected chi connectivity index (χ0v) is 13.0. The van der Waals surface area contributed by atoms with Crippen LogP contribution in [-0.2, 0) is 0 Å². The first-order valence-corrected chi connectivity index (χ1v) is 8.13. The van der Waals surface area contributed by atoms with Crippen molar-refractivity contribution in [3.8, 4) is 0 Å². The molecule has 0 spiro atoms. The van der Waals surface area contributed by atoms with Crippen LogP contribution in [0.4, 0.5) is 0 Å². The Kier molecular flexibility index (Phi) is 4.02. The Bertz CT molecular complexity index is 522. The van der Waals surface area contributed by atoms with Gasteiger partial charge in [-0.3, -0.25) is 9.48 Å². The van der Waals surface area contributed by atoms with Crippen LogP contribution in [0, 0.1) is 5.92 Å². The maximum absolute atomic E-state index is 12.8. The average molecular weight is 291 g/mol. The molecule has 1 saturated heterocycles. The van der Waals surface area contributed by atoms with E-state index in [-0.39, 0.29) is 18.4 Å². The van der Waals surface area contributed by atoms with Gasteiger partial charge in [-0.05, 0) is 32.6 Å². The molecule has 1 aromatic rings. The van der Waals surface area contributed by atoms with Crippen LogP contribution in [0.25, 0.3) is 0 Å². The van der Waals surface area contributed by atoms with Crippen molar-refractivity contribution < 1.29 is 9.90 Å². The lowest BCUT2D eigenvalue weighted by atomic mass is 10.1. The van der Waals surface area contributed by atoms with Crippen molar-refractivity contribution in [2.45, 2.75) is 51.5 Å². The van der Waals surface area contributed by atoms with Crippen molar-refractivity contribution in [1.82, 2.24) is 14.7 Å². The minimum atomic E-state index is 0.0994. The monoisotopic (exact) mass is 291 g/mol. The van der Waals surface area contributed by atoms with Gasteiger partial charge in [-0.1, -0.05) is 6.92 Å². The number of aliphatic hydroxyl groups is 1. The number of hydrogen-bond donors (Lipinski definition) is 1. The van der Waals surface area contributed by atoms with E-state index in [1.165, 1.54) is 12.8 Å². The minimum Gasteiger partial charge on any atom is -0.396 e. The third kappa shape index (κ3) is 2.71. The van der Waals surface area contributed by atoms with Crippen LogP contribution in [0.3, 0.4) is 0 Å².